The lowest BCUT2D eigenvalue weighted by Crippen LogP contribution is -2.00. The third-order valence-electron chi connectivity index (χ3n) is 8.17. The zero-order valence-corrected chi connectivity index (χ0v) is 22.6. The molecule has 6 heteroatoms. The highest BCUT2D eigenvalue weighted by Gasteiger charge is 2.27. The van der Waals surface area contributed by atoms with Crippen LogP contribution in [0.5, 0.6) is 0 Å². The monoisotopic (exact) mass is 496 g/mol. The van der Waals surface area contributed by atoms with Gasteiger partial charge in [0.15, 0.2) is 0 Å². The molecule has 2 aliphatic heterocycles. The van der Waals surface area contributed by atoms with Crippen LogP contribution in [0.4, 0.5) is 0 Å². The van der Waals surface area contributed by atoms with Crippen molar-refractivity contribution in [3.63, 3.8) is 0 Å². The lowest BCUT2D eigenvalue weighted by Gasteiger charge is -2.12. The van der Waals surface area contributed by atoms with Gasteiger partial charge in [0.1, 0.15) is 0 Å². The van der Waals surface area contributed by atoms with Gasteiger partial charge in [0.25, 0.3) is 0 Å². The highest BCUT2D eigenvalue weighted by Crippen LogP contribution is 2.39. The summed E-state index contributed by atoms with van der Waals surface area (Å²) >= 11 is 0. The number of aliphatic carboxylic acids is 1. The molecule has 3 N–H and O–H groups in total. The Morgan fingerprint density at radius 2 is 1.54 bits per heavy atom. The average Bonchev–Trinajstić information content (AvgIpc) is 3.52. The highest BCUT2D eigenvalue weighted by atomic mass is 16.4. The summed E-state index contributed by atoms with van der Waals surface area (Å²) in [4.78, 5) is 28.7. The molecule has 0 amide bonds. The smallest absolute Gasteiger partial charge is 0.303 e. The van der Waals surface area contributed by atoms with Crippen LogP contribution < -0.4 is 0 Å². The van der Waals surface area contributed by atoms with Gasteiger partial charge in [-0.05, 0) is 98.2 Å². The fourth-order valence-corrected chi connectivity index (χ4v) is 5.92. The van der Waals surface area contributed by atoms with Crippen molar-refractivity contribution in [1.82, 2.24) is 19.9 Å². The second-order valence-corrected chi connectivity index (χ2v) is 10.5. The Bertz CT molecular complexity index is 1590. The fraction of sp³-hybridized carbons (Fsp3) is 0.387. The third kappa shape index (κ3) is 4.50. The van der Waals surface area contributed by atoms with Gasteiger partial charge < -0.3 is 15.1 Å². The molecule has 2 aliphatic rings. The topological polar surface area (TPSA) is 94.7 Å². The molecule has 192 valence electrons. The zero-order chi connectivity index (χ0) is 26.4. The molecule has 2 unspecified atom stereocenters. The summed E-state index contributed by atoms with van der Waals surface area (Å²) < 4.78 is 0. The Hall–Kier alpha value is -3.67. The lowest BCUT2D eigenvalue weighted by atomic mass is 9.89. The Morgan fingerprint density at radius 1 is 0.892 bits per heavy atom. The molecule has 0 saturated carbocycles. The number of aryl methyl sites for hydroxylation is 4. The minimum atomic E-state index is -0.795. The van der Waals surface area contributed by atoms with Crippen LogP contribution in [0.15, 0.2) is 24.3 Å². The quantitative estimate of drug-likeness (QED) is 0.344. The van der Waals surface area contributed by atoms with Crippen LogP contribution in [0.3, 0.4) is 0 Å². The number of rotatable bonds is 5. The summed E-state index contributed by atoms with van der Waals surface area (Å²) in [5.74, 6) is -0.162. The van der Waals surface area contributed by atoms with Crippen LogP contribution in [0.2, 0.25) is 0 Å². The van der Waals surface area contributed by atoms with Crippen molar-refractivity contribution >= 4 is 39.7 Å². The predicted molar refractivity (Wildman–Crippen MR) is 151 cm³/mol. The maximum Gasteiger partial charge on any atom is 0.303 e. The predicted octanol–water partition coefficient (Wildman–Crippen LogP) is 7.37. The van der Waals surface area contributed by atoms with E-state index in [2.05, 4.69) is 75.8 Å². The number of hydrogen-bond donors (Lipinski definition) is 3. The number of hydrogen-bond acceptors (Lipinski definition) is 3. The van der Waals surface area contributed by atoms with E-state index in [1.807, 2.05) is 6.07 Å². The zero-order valence-electron chi connectivity index (χ0n) is 22.6. The highest BCUT2D eigenvalue weighted by molar-refractivity contribution is 5.85. The van der Waals surface area contributed by atoms with E-state index >= 15 is 0 Å². The molecule has 6 nitrogen and oxygen atoms in total. The molecule has 2 atom stereocenters. The number of nitrogens with one attached hydrogen (secondary N) is 2. The molecule has 8 bridgehead atoms. The summed E-state index contributed by atoms with van der Waals surface area (Å²) in [6, 6.07) is 8.59. The third-order valence-corrected chi connectivity index (χ3v) is 8.17. The first-order valence-corrected chi connectivity index (χ1v) is 13.3. The number of carbonyl (C=O) groups is 1. The Balaban J connectivity index is 1.90. The summed E-state index contributed by atoms with van der Waals surface area (Å²) in [5.41, 5.74) is 13.9. The van der Waals surface area contributed by atoms with E-state index < -0.39 is 5.97 Å². The number of carboxylic acids is 1. The van der Waals surface area contributed by atoms with Gasteiger partial charge in [0.05, 0.1) is 11.4 Å². The fourth-order valence-electron chi connectivity index (χ4n) is 5.92. The van der Waals surface area contributed by atoms with E-state index in [9.17, 15) is 9.90 Å². The molecule has 3 aromatic rings. The number of fused-ring (bicyclic) bond motifs is 8. The maximum atomic E-state index is 11.4. The van der Waals surface area contributed by atoms with E-state index in [0.29, 0.717) is 12.3 Å². The normalized spacial score (nSPS) is 17.2. The second-order valence-electron chi connectivity index (χ2n) is 10.5. The Morgan fingerprint density at radius 3 is 2.19 bits per heavy atom. The van der Waals surface area contributed by atoms with Gasteiger partial charge in [-0.3, -0.25) is 9.78 Å². The second kappa shape index (κ2) is 9.66. The van der Waals surface area contributed by atoms with E-state index in [1.165, 1.54) is 11.1 Å². The summed E-state index contributed by atoms with van der Waals surface area (Å²) in [7, 11) is 0. The van der Waals surface area contributed by atoms with Crippen molar-refractivity contribution in [1.29, 1.82) is 0 Å². The molecular weight excluding hydrogens is 460 g/mol. The van der Waals surface area contributed by atoms with Gasteiger partial charge in [-0.15, -0.1) is 0 Å². The number of aromatic amines is 2. The van der Waals surface area contributed by atoms with Gasteiger partial charge >= 0.3 is 5.97 Å². The van der Waals surface area contributed by atoms with E-state index in [1.54, 1.807) is 0 Å². The van der Waals surface area contributed by atoms with Crippen LogP contribution >= 0.6 is 0 Å². The van der Waals surface area contributed by atoms with E-state index in [4.69, 9.17) is 9.97 Å². The molecule has 0 aromatic carbocycles. The van der Waals surface area contributed by atoms with Crippen LogP contribution in [0.1, 0.15) is 97.4 Å². The van der Waals surface area contributed by atoms with Crippen molar-refractivity contribution in [3.05, 3.63) is 69.3 Å². The minimum absolute atomic E-state index is 0.0850. The average molecular weight is 497 g/mol. The van der Waals surface area contributed by atoms with Crippen LogP contribution in [-0.2, 0) is 17.6 Å². The number of nitrogens with zero attached hydrogens (tertiary/aromatic N) is 2. The largest absolute Gasteiger partial charge is 0.481 e. The molecule has 37 heavy (non-hydrogen) atoms. The molecule has 0 spiro atoms. The first-order valence-electron chi connectivity index (χ1n) is 13.3. The standard InChI is InChI=1S/C31H36N4O2/c1-7-21-18(5)27-15-30-22(8-2)17(4)25(34-30)14-26-19(6)23(9-10-31(36)37)28(33-26)12-20-11-16(3)24(32-20)13-29(21)35-27/h11-15,17,22,33,35H,7-10H2,1-6H3,(H,36,37). The molecular formula is C31H36N4O2. The lowest BCUT2D eigenvalue weighted by molar-refractivity contribution is -0.136. The number of H-pyrrole nitrogens is 2. The Labute approximate surface area is 217 Å². The molecule has 0 radical (unpaired) electrons. The van der Waals surface area contributed by atoms with Gasteiger partial charge in [0.2, 0.25) is 0 Å². The first kappa shape index (κ1) is 25.0. The Kier molecular flexibility index (Phi) is 6.52. The molecule has 5 rings (SSSR count). The van der Waals surface area contributed by atoms with Gasteiger partial charge in [0, 0.05) is 51.7 Å². The van der Waals surface area contributed by atoms with Gasteiger partial charge in [-0.1, -0.05) is 20.8 Å². The summed E-state index contributed by atoms with van der Waals surface area (Å²) in [5, 5.41) is 9.36. The van der Waals surface area contributed by atoms with Crippen molar-refractivity contribution in [2.45, 2.75) is 79.1 Å². The number of aromatic nitrogens is 4. The van der Waals surface area contributed by atoms with Crippen molar-refractivity contribution in [2.24, 2.45) is 0 Å². The maximum absolute atomic E-state index is 11.4. The number of carboxylic acid groups (broad SMARTS) is 1. The van der Waals surface area contributed by atoms with Gasteiger partial charge in [-0.2, -0.15) is 0 Å². The van der Waals surface area contributed by atoms with Crippen LogP contribution in [0.25, 0.3) is 33.7 Å². The summed E-state index contributed by atoms with van der Waals surface area (Å²) in [6.45, 7) is 13.0. The van der Waals surface area contributed by atoms with Crippen molar-refractivity contribution < 1.29 is 9.90 Å². The molecule has 3 aromatic heterocycles. The molecule has 0 aliphatic carbocycles. The van der Waals surface area contributed by atoms with Crippen LogP contribution in [0, 0.1) is 13.8 Å². The van der Waals surface area contributed by atoms with E-state index in [0.717, 1.165) is 74.4 Å². The first-order chi connectivity index (χ1) is 17.7. The van der Waals surface area contributed by atoms with Crippen molar-refractivity contribution in [2.75, 3.05) is 0 Å². The SMILES string of the molecule is CCc1c(C)c2cc3nc(cc4[nH]c(cc5nc(cc1[nH]2)C(C)=C5)c(CCC(=O)O)c4C)C(C)C3CC. The molecule has 0 fully saturated rings. The number of allylic oxidation sites excluding steroid dienone is 1. The molecule has 5 heterocycles. The van der Waals surface area contributed by atoms with Crippen molar-refractivity contribution in [3.8, 4) is 0 Å². The van der Waals surface area contributed by atoms with E-state index in [-0.39, 0.29) is 12.3 Å². The van der Waals surface area contributed by atoms with Gasteiger partial charge in [-0.25, -0.2) is 4.98 Å². The molecule has 0 saturated heterocycles. The van der Waals surface area contributed by atoms with Crippen LogP contribution in [-0.4, -0.2) is 31.0 Å². The summed E-state index contributed by atoms with van der Waals surface area (Å²) in [6.07, 6.45) is 4.59. The minimum Gasteiger partial charge on any atom is -0.481 e.